The Morgan fingerprint density at radius 3 is 1.97 bits per heavy atom. The Kier molecular flexibility index (Phi) is 6.25. The molecule has 0 spiro atoms. The second-order valence-corrected chi connectivity index (χ2v) is 5.59. The zero-order chi connectivity index (χ0) is 22.8. The molecule has 0 saturated carbocycles. The number of halogens is 3. The van der Waals surface area contributed by atoms with Crippen molar-refractivity contribution in [1.82, 2.24) is 0 Å². The fourth-order valence-corrected chi connectivity index (χ4v) is 2.64. The van der Waals surface area contributed by atoms with Crippen molar-refractivity contribution in [3.05, 3.63) is 49.2 Å². The molecule has 1 aliphatic rings. The van der Waals surface area contributed by atoms with Gasteiger partial charge in [0.15, 0.2) is 0 Å². The van der Waals surface area contributed by atoms with Gasteiger partial charge in [-0.2, -0.15) is 13.2 Å². The van der Waals surface area contributed by atoms with Crippen LogP contribution in [0.3, 0.4) is 0 Å². The Morgan fingerprint density at radius 1 is 1.07 bits per heavy atom. The molecule has 0 fully saturated rings. The van der Waals surface area contributed by atoms with E-state index in [1.807, 2.05) is 0 Å². The minimum Gasteiger partial charge on any atom is -0.466 e. The third kappa shape index (κ3) is 4.14. The third-order valence-electron chi connectivity index (χ3n) is 3.89. The molecule has 0 atom stereocenters. The fourth-order valence-electron chi connectivity index (χ4n) is 2.64. The smallest absolute Gasteiger partial charge is 0.416 e. The maximum atomic E-state index is 13.1. The molecule has 162 valence electrons. The van der Waals surface area contributed by atoms with E-state index in [-0.39, 0.29) is 12.1 Å². The molecule has 0 radical (unpaired) electrons. The molecular formula is C15H12F3N3O9. The van der Waals surface area contributed by atoms with Crippen molar-refractivity contribution >= 4 is 29.0 Å². The van der Waals surface area contributed by atoms with Crippen LogP contribution in [0.2, 0.25) is 0 Å². The lowest BCUT2D eigenvalue weighted by Gasteiger charge is -2.30. The van der Waals surface area contributed by atoms with Gasteiger partial charge in [0, 0.05) is 12.1 Å². The number of carbonyl (C=O) groups is 2. The lowest BCUT2D eigenvalue weighted by molar-refractivity contribution is -0.393. The van der Waals surface area contributed by atoms with Crippen molar-refractivity contribution < 1.29 is 46.8 Å². The zero-order valence-corrected chi connectivity index (χ0v) is 15.2. The number of nitrogens with zero attached hydrogens (tertiary/aromatic N) is 3. The summed E-state index contributed by atoms with van der Waals surface area (Å²) in [6.45, 7) is -1.26. The van der Waals surface area contributed by atoms with Gasteiger partial charge in [0.1, 0.15) is 12.4 Å². The highest BCUT2D eigenvalue weighted by molar-refractivity contribution is 6.04. The quantitative estimate of drug-likeness (QED) is 0.381. The molecule has 30 heavy (non-hydrogen) atoms. The molecule has 0 aromatic heterocycles. The average molecular weight is 435 g/mol. The van der Waals surface area contributed by atoms with E-state index in [9.17, 15) is 43.0 Å². The van der Waals surface area contributed by atoms with E-state index in [1.54, 1.807) is 0 Å². The Bertz CT molecular complexity index is 923. The Labute approximate surface area is 164 Å². The number of hydrogen-bond donors (Lipinski definition) is 0. The second kappa shape index (κ2) is 8.32. The number of ether oxygens (including phenoxy) is 3. The first-order valence-electron chi connectivity index (χ1n) is 7.73. The highest BCUT2D eigenvalue weighted by atomic mass is 19.4. The molecule has 2 rings (SSSR count). The first kappa shape index (κ1) is 22.5. The minimum absolute atomic E-state index is 0.0731. The average Bonchev–Trinajstić information content (AvgIpc) is 2.70. The summed E-state index contributed by atoms with van der Waals surface area (Å²) in [5, 5.41) is 22.9. The van der Waals surface area contributed by atoms with Gasteiger partial charge in [-0.15, -0.1) is 0 Å². The topological polar surface area (TPSA) is 151 Å². The van der Waals surface area contributed by atoms with Crippen molar-refractivity contribution in [3.63, 3.8) is 0 Å². The van der Waals surface area contributed by atoms with E-state index in [0.717, 1.165) is 14.2 Å². The van der Waals surface area contributed by atoms with Gasteiger partial charge in [-0.05, 0) is 0 Å². The van der Waals surface area contributed by atoms with Crippen molar-refractivity contribution in [1.29, 1.82) is 0 Å². The van der Waals surface area contributed by atoms with E-state index in [0.29, 0.717) is 4.90 Å². The number of esters is 2. The molecule has 0 saturated heterocycles. The summed E-state index contributed by atoms with van der Waals surface area (Å²) in [5.74, 6) is -2.36. The van der Waals surface area contributed by atoms with Crippen molar-refractivity contribution in [2.75, 3.05) is 32.5 Å². The van der Waals surface area contributed by atoms with Gasteiger partial charge in [-0.1, -0.05) is 0 Å². The molecular weight excluding hydrogens is 423 g/mol. The fraction of sp³-hybridized carbons (Fsp3) is 0.333. The van der Waals surface area contributed by atoms with Gasteiger partial charge in [0.2, 0.25) is 5.69 Å². The molecule has 12 nitrogen and oxygen atoms in total. The maximum absolute atomic E-state index is 13.1. The van der Waals surface area contributed by atoms with Crippen LogP contribution in [0.25, 0.3) is 0 Å². The second-order valence-electron chi connectivity index (χ2n) is 5.59. The molecule has 0 amide bonds. The number of alkyl halides is 3. The van der Waals surface area contributed by atoms with Crippen LogP contribution < -0.4 is 4.90 Å². The molecule has 1 aromatic rings. The van der Waals surface area contributed by atoms with Crippen LogP contribution in [-0.2, 0) is 30.0 Å². The SMILES string of the molecule is COC(=O)C1=C(C(=O)OC)N(c2c([N+](=O)[O-])cc(C(F)(F)F)cc2[N+](=O)[O-])COC1. The summed E-state index contributed by atoms with van der Waals surface area (Å²) in [6, 6.07) is 0.146. The molecule has 1 aliphatic heterocycles. The molecule has 15 heteroatoms. The van der Waals surface area contributed by atoms with Crippen molar-refractivity contribution in [3.8, 4) is 0 Å². The first-order valence-corrected chi connectivity index (χ1v) is 7.73. The summed E-state index contributed by atoms with van der Waals surface area (Å²) in [7, 11) is 1.85. The van der Waals surface area contributed by atoms with Gasteiger partial charge in [-0.25, -0.2) is 9.59 Å². The van der Waals surface area contributed by atoms with Crippen LogP contribution in [-0.4, -0.2) is 49.3 Å². The number of rotatable bonds is 5. The number of nitro benzene ring substituents is 2. The van der Waals surface area contributed by atoms with E-state index in [1.165, 1.54) is 0 Å². The van der Waals surface area contributed by atoms with E-state index in [2.05, 4.69) is 9.47 Å². The van der Waals surface area contributed by atoms with Gasteiger partial charge < -0.3 is 14.2 Å². The third-order valence-corrected chi connectivity index (χ3v) is 3.89. The van der Waals surface area contributed by atoms with E-state index < -0.39 is 75.2 Å². The predicted octanol–water partition coefficient (Wildman–Crippen LogP) is 1.92. The molecule has 0 N–H and O–H groups in total. The molecule has 1 heterocycles. The van der Waals surface area contributed by atoms with Crippen molar-refractivity contribution in [2.45, 2.75) is 6.18 Å². The van der Waals surface area contributed by atoms with Crippen LogP contribution in [0.4, 0.5) is 30.2 Å². The van der Waals surface area contributed by atoms with Gasteiger partial charge >= 0.3 is 29.5 Å². The number of carbonyl (C=O) groups excluding carboxylic acids is 2. The van der Waals surface area contributed by atoms with Crippen LogP contribution in [0.15, 0.2) is 23.4 Å². The molecule has 1 aromatic carbocycles. The summed E-state index contributed by atoms with van der Waals surface area (Å²) >= 11 is 0. The van der Waals surface area contributed by atoms with E-state index in [4.69, 9.17) is 4.74 Å². The number of nitro groups is 2. The number of benzene rings is 1. The lowest BCUT2D eigenvalue weighted by Crippen LogP contribution is -2.39. The summed E-state index contributed by atoms with van der Waals surface area (Å²) < 4.78 is 53.4. The van der Waals surface area contributed by atoms with Gasteiger partial charge in [0.25, 0.3) is 0 Å². The van der Waals surface area contributed by atoms with E-state index >= 15 is 0 Å². The number of hydrogen-bond acceptors (Lipinski definition) is 10. The van der Waals surface area contributed by atoms with Gasteiger partial charge in [-0.3, -0.25) is 25.1 Å². The maximum Gasteiger partial charge on any atom is 0.416 e. The largest absolute Gasteiger partial charge is 0.466 e. The van der Waals surface area contributed by atoms with Gasteiger partial charge in [0.05, 0.1) is 41.8 Å². The summed E-state index contributed by atoms with van der Waals surface area (Å²) in [5.41, 5.74) is -6.54. The Morgan fingerprint density at radius 2 is 1.57 bits per heavy atom. The highest BCUT2D eigenvalue weighted by Gasteiger charge is 2.43. The van der Waals surface area contributed by atoms with Crippen LogP contribution in [0.1, 0.15) is 5.56 Å². The predicted molar refractivity (Wildman–Crippen MR) is 89.1 cm³/mol. The van der Waals surface area contributed by atoms with Crippen molar-refractivity contribution in [2.24, 2.45) is 0 Å². The Balaban J connectivity index is 2.92. The van der Waals surface area contributed by atoms with Crippen LogP contribution >= 0.6 is 0 Å². The monoisotopic (exact) mass is 435 g/mol. The van der Waals surface area contributed by atoms with Crippen LogP contribution in [0, 0.1) is 20.2 Å². The Hall–Kier alpha value is -3.75. The normalized spacial score (nSPS) is 14.4. The summed E-state index contributed by atoms with van der Waals surface area (Å²) in [6.07, 6.45) is -5.13. The molecule has 0 aliphatic carbocycles. The van der Waals surface area contributed by atoms with Crippen LogP contribution in [0.5, 0.6) is 0 Å². The first-order chi connectivity index (χ1) is 13.9. The highest BCUT2D eigenvalue weighted by Crippen LogP contribution is 2.45. The number of anilines is 1. The molecule has 0 bridgehead atoms. The summed E-state index contributed by atoms with van der Waals surface area (Å²) in [4.78, 5) is 45.1. The minimum atomic E-state index is -5.13. The standard InChI is InChI=1S/C15H12F3N3O9/c1-28-13(22)8-5-30-6-19(11(8)14(23)29-2)12-9(20(24)25)3-7(15(16,17)18)4-10(12)21(26)27/h3-4H,5-6H2,1-2H3. The zero-order valence-electron chi connectivity index (χ0n) is 15.2. The molecule has 0 unspecified atom stereocenters. The lowest BCUT2D eigenvalue weighted by atomic mass is 10.1. The number of methoxy groups -OCH3 is 2.